The van der Waals surface area contributed by atoms with E-state index in [-0.39, 0.29) is 11.7 Å². The van der Waals surface area contributed by atoms with Crippen LogP contribution in [-0.4, -0.2) is 60.5 Å². The van der Waals surface area contributed by atoms with Crippen LogP contribution in [0.5, 0.6) is 11.5 Å². The van der Waals surface area contributed by atoms with Crippen molar-refractivity contribution in [1.82, 2.24) is 9.88 Å². The Balaban J connectivity index is 1.51. The molecule has 4 rings (SSSR count). The third-order valence-electron chi connectivity index (χ3n) is 5.64. The molecule has 0 unspecified atom stereocenters. The number of aryl methyl sites for hydroxylation is 1. The molecule has 2 aromatic carbocycles. The molecular weight excluding hydrogens is 393 g/mol. The zero-order chi connectivity index (χ0) is 22.0. The molecule has 2 heterocycles. The second-order valence-electron chi connectivity index (χ2n) is 8.64. The molecule has 31 heavy (non-hydrogen) atoms. The number of rotatable bonds is 4. The first-order chi connectivity index (χ1) is 14.8. The van der Waals surface area contributed by atoms with Gasteiger partial charge >= 0.3 is 0 Å². The van der Waals surface area contributed by atoms with Gasteiger partial charge < -0.3 is 14.1 Å². The lowest BCUT2D eigenvalue weighted by atomic mass is 10.1. The lowest BCUT2D eigenvalue weighted by Crippen LogP contribution is -2.56. The van der Waals surface area contributed by atoms with Crippen molar-refractivity contribution in [3.63, 3.8) is 0 Å². The van der Waals surface area contributed by atoms with Crippen molar-refractivity contribution >= 4 is 5.91 Å². The average Bonchev–Trinajstić information content (AvgIpc) is 2.75. The fraction of sp³-hybridized carbons (Fsp3) is 0.280. The molecule has 3 aromatic rings. The normalized spacial score (nSPS) is 15.5. The minimum atomic E-state index is -0.300. The van der Waals surface area contributed by atoms with Crippen LogP contribution in [0.25, 0.3) is 11.3 Å². The summed E-state index contributed by atoms with van der Waals surface area (Å²) in [5.74, 6) is 0.973. The Morgan fingerprint density at radius 1 is 0.968 bits per heavy atom. The van der Waals surface area contributed by atoms with Gasteiger partial charge in [-0.2, -0.15) is 0 Å². The van der Waals surface area contributed by atoms with E-state index in [1.165, 1.54) is 12.1 Å². The Kier molecular flexibility index (Phi) is 5.74. The van der Waals surface area contributed by atoms with E-state index in [9.17, 15) is 9.18 Å². The Labute approximate surface area is 182 Å². The Morgan fingerprint density at radius 3 is 2.16 bits per heavy atom. The highest BCUT2D eigenvalue weighted by molar-refractivity contribution is 5.95. The van der Waals surface area contributed by atoms with Crippen LogP contribution in [0.15, 0.2) is 60.7 Å². The fourth-order valence-electron chi connectivity index (χ4n) is 3.66. The zero-order valence-corrected chi connectivity index (χ0v) is 18.1. The maximum Gasteiger partial charge on any atom is 0.254 e. The van der Waals surface area contributed by atoms with Crippen LogP contribution in [0.2, 0.25) is 0 Å². The van der Waals surface area contributed by atoms with E-state index in [4.69, 9.17) is 4.74 Å². The van der Waals surface area contributed by atoms with Crippen LogP contribution in [0.3, 0.4) is 0 Å². The van der Waals surface area contributed by atoms with E-state index in [2.05, 4.69) is 19.1 Å². The number of halogens is 1. The van der Waals surface area contributed by atoms with Crippen molar-refractivity contribution < 1.29 is 18.4 Å². The third kappa shape index (κ3) is 5.09. The number of hydrogen-bond acceptors (Lipinski definition) is 3. The molecule has 1 aromatic heterocycles. The highest BCUT2D eigenvalue weighted by Gasteiger charge is 2.28. The molecule has 0 radical (unpaired) electrons. The Bertz CT molecular complexity index is 1070. The van der Waals surface area contributed by atoms with Crippen molar-refractivity contribution in [2.45, 2.75) is 6.92 Å². The third-order valence-corrected chi connectivity index (χ3v) is 5.64. The van der Waals surface area contributed by atoms with Crippen LogP contribution in [0.1, 0.15) is 16.1 Å². The predicted octanol–water partition coefficient (Wildman–Crippen LogP) is 4.52. The van der Waals surface area contributed by atoms with Crippen LogP contribution >= 0.6 is 0 Å². The number of ether oxygens (including phenoxy) is 1. The number of aromatic nitrogens is 1. The minimum absolute atomic E-state index is 0.0581. The maximum atomic E-state index is 13.1. The summed E-state index contributed by atoms with van der Waals surface area (Å²) in [5.41, 5.74) is 3.13. The summed E-state index contributed by atoms with van der Waals surface area (Å²) < 4.78 is 19.7. The van der Waals surface area contributed by atoms with Crippen molar-refractivity contribution in [3.05, 3.63) is 77.7 Å². The molecule has 5 nitrogen and oxygen atoms in total. The minimum Gasteiger partial charge on any atom is -0.457 e. The molecule has 160 valence electrons. The molecule has 0 N–H and O–H groups in total. The van der Waals surface area contributed by atoms with Gasteiger partial charge in [0, 0.05) is 16.8 Å². The molecule has 0 aliphatic carbocycles. The largest absolute Gasteiger partial charge is 0.457 e. The van der Waals surface area contributed by atoms with Gasteiger partial charge in [-0.05, 0) is 67.6 Å². The number of likely N-dealkylation sites (N-methyl/N-ethyl adjacent to an activating group) is 1. The van der Waals surface area contributed by atoms with Crippen LogP contribution in [-0.2, 0) is 0 Å². The van der Waals surface area contributed by atoms with Gasteiger partial charge in [-0.1, -0.05) is 0 Å². The smallest absolute Gasteiger partial charge is 0.254 e. The van der Waals surface area contributed by atoms with Gasteiger partial charge in [-0.25, -0.2) is 4.39 Å². The van der Waals surface area contributed by atoms with Gasteiger partial charge in [0.25, 0.3) is 5.91 Å². The van der Waals surface area contributed by atoms with Gasteiger partial charge in [-0.15, -0.1) is 0 Å². The van der Waals surface area contributed by atoms with Crippen molar-refractivity contribution in [3.8, 4) is 22.8 Å². The number of carbonyl (C=O) groups is 1. The lowest BCUT2D eigenvalue weighted by molar-refractivity contribution is -0.894. The molecule has 1 saturated heterocycles. The van der Waals surface area contributed by atoms with Crippen molar-refractivity contribution in [2.75, 3.05) is 40.3 Å². The van der Waals surface area contributed by atoms with Crippen molar-refractivity contribution in [1.29, 1.82) is 0 Å². The molecular formula is C25H27FN3O2+. The Hall–Kier alpha value is -3.25. The zero-order valence-electron chi connectivity index (χ0n) is 18.1. The molecule has 1 aliphatic rings. The van der Waals surface area contributed by atoms with E-state index in [1.807, 2.05) is 48.2 Å². The van der Waals surface area contributed by atoms with E-state index >= 15 is 0 Å². The number of hydrogen-bond donors (Lipinski definition) is 0. The topological polar surface area (TPSA) is 42.4 Å². The Morgan fingerprint density at radius 2 is 1.55 bits per heavy atom. The molecule has 1 aliphatic heterocycles. The summed E-state index contributed by atoms with van der Waals surface area (Å²) in [5, 5.41) is 0. The molecule has 0 spiro atoms. The average molecular weight is 421 g/mol. The summed E-state index contributed by atoms with van der Waals surface area (Å²) >= 11 is 0. The molecule has 1 fully saturated rings. The van der Waals surface area contributed by atoms with E-state index in [0.29, 0.717) is 17.1 Å². The van der Waals surface area contributed by atoms with Gasteiger partial charge in [-0.3, -0.25) is 9.78 Å². The number of pyridine rings is 1. The van der Waals surface area contributed by atoms with E-state index < -0.39 is 0 Å². The van der Waals surface area contributed by atoms with Crippen LogP contribution in [0, 0.1) is 12.7 Å². The second kappa shape index (κ2) is 8.47. The molecule has 0 atom stereocenters. The number of benzene rings is 2. The summed E-state index contributed by atoms with van der Waals surface area (Å²) in [6.45, 7) is 5.34. The van der Waals surface area contributed by atoms with E-state index in [0.717, 1.165) is 47.6 Å². The molecule has 0 bridgehead atoms. The standard InChI is InChI=1S/C25H27FN3O2/c1-18-16-20(25(30)28-12-14-29(2,3)15-13-28)17-24(27-18)19-4-8-22(9-5-19)31-23-10-6-21(26)7-11-23/h4-11,16-17H,12-15H2,1-3H3/q+1. The number of quaternary nitrogens is 1. The lowest BCUT2D eigenvalue weighted by Gasteiger charge is -2.39. The van der Waals surface area contributed by atoms with Crippen LogP contribution < -0.4 is 4.74 Å². The van der Waals surface area contributed by atoms with Gasteiger partial charge in [0.2, 0.25) is 0 Å². The molecule has 1 amide bonds. The summed E-state index contributed by atoms with van der Waals surface area (Å²) in [4.78, 5) is 19.6. The van der Waals surface area contributed by atoms with Crippen LogP contribution in [0.4, 0.5) is 4.39 Å². The number of piperazine rings is 1. The van der Waals surface area contributed by atoms with Gasteiger partial charge in [0.15, 0.2) is 0 Å². The van der Waals surface area contributed by atoms with Gasteiger partial charge in [0.05, 0.1) is 46.0 Å². The first-order valence-corrected chi connectivity index (χ1v) is 10.4. The number of nitrogens with zero attached hydrogens (tertiary/aromatic N) is 3. The summed E-state index contributed by atoms with van der Waals surface area (Å²) in [6, 6.07) is 17.1. The van der Waals surface area contributed by atoms with E-state index in [1.54, 1.807) is 12.1 Å². The van der Waals surface area contributed by atoms with Crippen molar-refractivity contribution in [2.24, 2.45) is 0 Å². The SMILES string of the molecule is Cc1cc(C(=O)N2CC[N+](C)(C)CC2)cc(-c2ccc(Oc3ccc(F)cc3)cc2)n1. The predicted molar refractivity (Wildman–Crippen MR) is 119 cm³/mol. The van der Waals surface area contributed by atoms with Gasteiger partial charge in [0.1, 0.15) is 17.3 Å². The first-order valence-electron chi connectivity index (χ1n) is 10.4. The maximum absolute atomic E-state index is 13.1. The quantitative estimate of drug-likeness (QED) is 0.583. The monoisotopic (exact) mass is 420 g/mol. The highest BCUT2D eigenvalue weighted by atomic mass is 19.1. The number of amides is 1. The number of carbonyl (C=O) groups excluding carboxylic acids is 1. The summed E-state index contributed by atoms with van der Waals surface area (Å²) in [7, 11) is 4.39. The highest BCUT2D eigenvalue weighted by Crippen LogP contribution is 2.26. The molecule has 6 heteroatoms. The fourth-order valence-corrected chi connectivity index (χ4v) is 3.66. The second-order valence-corrected chi connectivity index (χ2v) is 8.64. The first kappa shape index (κ1) is 21.0. The molecule has 0 saturated carbocycles. The summed E-state index contributed by atoms with van der Waals surface area (Å²) in [6.07, 6.45) is 0.